The molecule has 3 rings (SSSR count). The fourth-order valence-electron chi connectivity index (χ4n) is 5.48. The number of imidazole rings is 1. The number of aliphatic hydroxyl groups excluding tert-OH is 2. The number of allylic oxidation sites excluding steroid dienone is 3. The predicted molar refractivity (Wildman–Crippen MR) is 221 cm³/mol. The van der Waals surface area contributed by atoms with Gasteiger partial charge in [0, 0.05) is 37.1 Å². The molecule has 1 fully saturated rings. The maximum atomic E-state index is 12.7. The molecule has 0 saturated carbocycles. The van der Waals surface area contributed by atoms with Crippen molar-refractivity contribution in [1.82, 2.24) is 30.2 Å². The van der Waals surface area contributed by atoms with Crippen LogP contribution in [0, 0.1) is 5.41 Å². The number of ether oxygens (including phenoxy) is 1. The smallest absolute Gasteiger partial charge is 0.481 e. The normalized spacial score (nSPS) is 20.8. The Labute approximate surface area is 364 Å². The SMILES string of the molecule is CC(C)(COP(=O)(O)OP(=O)(O)OCC1OC(n2cnc3c(N)ncnc32)C(O)C1OP(=O)(O)O)C(O)C(=O)NCCC(=O)NCCSC(=O)C/C=C/CCCC/C=C/CC(=O)O. The fourth-order valence-corrected chi connectivity index (χ4v) is 8.95. The zero-order chi connectivity index (χ0) is 47.0. The maximum Gasteiger partial charge on any atom is 0.481 e. The van der Waals surface area contributed by atoms with Gasteiger partial charge in [-0.3, -0.25) is 37.3 Å². The highest BCUT2D eigenvalue weighted by Gasteiger charge is 2.50. The Kier molecular flexibility index (Phi) is 21.1. The minimum atomic E-state index is -5.59. The number of fused-ring (bicyclic) bond motifs is 1. The summed E-state index contributed by atoms with van der Waals surface area (Å²) in [6, 6.07) is 0. The quantitative estimate of drug-likeness (QED) is 0.0325. The number of hydrogen-bond acceptors (Lipinski definition) is 19. The molecule has 1 aliphatic heterocycles. The number of nitrogen functional groups attached to an aromatic ring is 1. The van der Waals surface area contributed by atoms with Crippen LogP contribution < -0.4 is 16.4 Å². The molecule has 0 aromatic carbocycles. The molecule has 30 heteroatoms. The molecular formula is C33H52N7O19P3S. The summed E-state index contributed by atoms with van der Waals surface area (Å²) in [5, 5.41) is 34.9. The molecule has 0 spiro atoms. The van der Waals surface area contributed by atoms with E-state index in [1.165, 1.54) is 13.8 Å². The monoisotopic (exact) mass is 975 g/mol. The van der Waals surface area contributed by atoms with E-state index in [1.54, 1.807) is 12.2 Å². The largest absolute Gasteiger partial charge is 0.481 e. The van der Waals surface area contributed by atoms with E-state index < -0.39 is 90.5 Å². The lowest BCUT2D eigenvalue weighted by atomic mass is 9.87. The third kappa shape index (κ3) is 18.9. The molecule has 7 unspecified atom stereocenters. The van der Waals surface area contributed by atoms with Gasteiger partial charge >= 0.3 is 29.4 Å². The predicted octanol–water partition coefficient (Wildman–Crippen LogP) is 1.20. The summed E-state index contributed by atoms with van der Waals surface area (Å²) in [6.07, 6.45) is 3.68. The minimum absolute atomic E-state index is 0.000195. The van der Waals surface area contributed by atoms with Crippen molar-refractivity contribution in [3.8, 4) is 0 Å². The number of phosphoric acid groups is 3. The zero-order valence-electron chi connectivity index (χ0n) is 34.0. The first-order chi connectivity index (χ1) is 29.4. The summed E-state index contributed by atoms with van der Waals surface area (Å²) < 4.78 is 62.2. The second-order valence-electron chi connectivity index (χ2n) is 14.3. The van der Waals surface area contributed by atoms with Crippen molar-refractivity contribution in [2.75, 3.05) is 37.8 Å². The van der Waals surface area contributed by atoms with E-state index in [0.717, 1.165) is 54.7 Å². The summed E-state index contributed by atoms with van der Waals surface area (Å²) in [7, 11) is -16.4. The van der Waals surface area contributed by atoms with Crippen LogP contribution in [0.5, 0.6) is 0 Å². The molecule has 1 aliphatic rings. The number of phosphoric ester groups is 3. The molecule has 354 valence electrons. The van der Waals surface area contributed by atoms with Gasteiger partial charge < -0.3 is 56.0 Å². The molecule has 11 N–H and O–H groups in total. The van der Waals surface area contributed by atoms with Crippen LogP contribution in [0.25, 0.3) is 11.2 Å². The molecule has 0 bridgehead atoms. The Bertz CT molecular complexity index is 2090. The van der Waals surface area contributed by atoms with Crippen LogP contribution in [0.4, 0.5) is 5.82 Å². The van der Waals surface area contributed by atoms with Crippen molar-refractivity contribution in [3.05, 3.63) is 37.0 Å². The van der Waals surface area contributed by atoms with Gasteiger partial charge in [0.2, 0.25) is 11.8 Å². The number of carbonyl (C=O) groups excluding carboxylic acids is 3. The number of nitrogens with one attached hydrogen (secondary N) is 2. The van der Waals surface area contributed by atoms with Crippen LogP contribution in [0.2, 0.25) is 0 Å². The highest BCUT2D eigenvalue weighted by Crippen LogP contribution is 2.61. The van der Waals surface area contributed by atoms with Crippen LogP contribution >= 0.6 is 35.2 Å². The Morgan fingerprint density at radius 1 is 0.968 bits per heavy atom. The Morgan fingerprint density at radius 3 is 2.27 bits per heavy atom. The van der Waals surface area contributed by atoms with E-state index in [-0.39, 0.29) is 54.4 Å². The number of thioether (sulfide) groups is 1. The van der Waals surface area contributed by atoms with E-state index in [1.807, 2.05) is 12.2 Å². The molecule has 2 aromatic rings. The molecule has 0 aliphatic carbocycles. The number of carbonyl (C=O) groups is 4. The van der Waals surface area contributed by atoms with Crippen molar-refractivity contribution in [2.45, 2.75) is 89.4 Å². The molecule has 26 nitrogen and oxygen atoms in total. The van der Waals surface area contributed by atoms with Gasteiger partial charge in [0.05, 0.1) is 26.0 Å². The van der Waals surface area contributed by atoms with Gasteiger partial charge in [0.15, 0.2) is 22.8 Å². The third-order valence-electron chi connectivity index (χ3n) is 8.67. The van der Waals surface area contributed by atoms with E-state index in [4.69, 9.17) is 24.6 Å². The number of aliphatic hydroxyl groups is 2. The Balaban J connectivity index is 1.38. The first-order valence-corrected chi connectivity index (χ1v) is 24.5. The van der Waals surface area contributed by atoms with Crippen LogP contribution in [-0.4, -0.2) is 134 Å². The number of anilines is 1. The number of hydrogen-bond donors (Lipinski definition) is 10. The van der Waals surface area contributed by atoms with Crippen LogP contribution in [0.1, 0.15) is 65.0 Å². The summed E-state index contributed by atoms with van der Waals surface area (Å²) in [4.78, 5) is 98.4. The van der Waals surface area contributed by atoms with Crippen molar-refractivity contribution in [3.63, 3.8) is 0 Å². The van der Waals surface area contributed by atoms with Crippen LogP contribution in [0.15, 0.2) is 37.0 Å². The van der Waals surface area contributed by atoms with Gasteiger partial charge in [-0.15, -0.1) is 0 Å². The summed E-state index contributed by atoms with van der Waals surface area (Å²) >= 11 is 1.04. The van der Waals surface area contributed by atoms with Gasteiger partial charge in [-0.1, -0.05) is 49.9 Å². The standard InChI is InChI=1S/C33H52N7O19P3S/c1-33(2,28(46)31(47)36-14-13-22(41)35-15-16-63-24(44)12-10-8-6-4-3-5-7-9-11-23(42)43)18-56-62(53,54)59-61(51,52)55-17-21-27(58-60(48,49)50)26(45)32(57-21)40-20-39-25-29(34)37-19-38-30(25)40/h7-10,19-21,26-28,32,45-46H,3-6,11-18H2,1-2H3,(H,35,41)(H,36,47)(H,42,43)(H,51,52)(H,53,54)(H2,34,37,38)(H2,48,49,50)/b9-7+,10-8+. The number of carboxylic acids is 1. The van der Waals surface area contributed by atoms with Crippen LogP contribution in [-0.2, 0) is 55.5 Å². The highest BCUT2D eigenvalue weighted by atomic mass is 32.2. The van der Waals surface area contributed by atoms with Gasteiger partial charge in [0.25, 0.3) is 0 Å². The van der Waals surface area contributed by atoms with Crippen molar-refractivity contribution in [2.24, 2.45) is 5.41 Å². The Morgan fingerprint density at radius 2 is 1.62 bits per heavy atom. The minimum Gasteiger partial charge on any atom is -0.481 e. The van der Waals surface area contributed by atoms with E-state index >= 15 is 0 Å². The van der Waals surface area contributed by atoms with Crippen molar-refractivity contribution < 1.29 is 90.4 Å². The average Bonchev–Trinajstić information content (AvgIpc) is 3.75. The molecule has 2 aromatic heterocycles. The number of unbranched alkanes of at least 4 members (excludes halogenated alkanes) is 3. The summed E-state index contributed by atoms with van der Waals surface area (Å²) in [5.41, 5.74) is 4.23. The van der Waals surface area contributed by atoms with E-state index in [9.17, 15) is 62.7 Å². The lowest BCUT2D eigenvalue weighted by Crippen LogP contribution is -2.46. The second kappa shape index (κ2) is 24.7. The maximum absolute atomic E-state index is 12.7. The number of amides is 2. The number of rotatable bonds is 28. The van der Waals surface area contributed by atoms with Gasteiger partial charge in [0.1, 0.15) is 36.3 Å². The molecule has 2 amide bonds. The number of nitrogens with zero attached hydrogens (tertiary/aromatic N) is 4. The van der Waals surface area contributed by atoms with Gasteiger partial charge in [-0.05, 0) is 25.7 Å². The second-order valence-corrected chi connectivity index (χ2v) is 19.7. The van der Waals surface area contributed by atoms with E-state index in [2.05, 4.69) is 34.4 Å². The number of aromatic nitrogens is 4. The van der Waals surface area contributed by atoms with Crippen molar-refractivity contribution in [1.29, 1.82) is 0 Å². The molecular weight excluding hydrogens is 923 g/mol. The number of aliphatic carboxylic acids is 1. The van der Waals surface area contributed by atoms with Crippen LogP contribution in [0.3, 0.4) is 0 Å². The summed E-state index contributed by atoms with van der Waals surface area (Å²) in [6.45, 7) is 0.394. The summed E-state index contributed by atoms with van der Waals surface area (Å²) in [5.74, 6) is -2.07. The number of carboxylic acid groups (broad SMARTS) is 1. The first kappa shape index (κ1) is 53.8. The van der Waals surface area contributed by atoms with Crippen molar-refractivity contribution >= 4 is 75.1 Å². The molecule has 1 saturated heterocycles. The first-order valence-electron chi connectivity index (χ1n) is 19.0. The average molecular weight is 976 g/mol. The lowest BCUT2D eigenvalue weighted by molar-refractivity contribution is -0.137. The molecule has 7 atom stereocenters. The van der Waals surface area contributed by atoms with Gasteiger partial charge in [-0.25, -0.2) is 28.6 Å². The van der Waals surface area contributed by atoms with Gasteiger partial charge in [-0.2, -0.15) is 4.31 Å². The number of nitrogens with two attached hydrogens (primary N) is 1. The van der Waals surface area contributed by atoms with E-state index in [0.29, 0.717) is 5.75 Å². The zero-order valence-corrected chi connectivity index (χ0v) is 37.5. The lowest BCUT2D eigenvalue weighted by Gasteiger charge is -2.30. The third-order valence-corrected chi connectivity index (χ3v) is 12.7. The fraction of sp³-hybridized carbons (Fsp3) is 0.606. The Hall–Kier alpha value is -3.49. The molecule has 0 radical (unpaired) electrons. The molecule has 63 heavy (non-hydrogen) atoms. The highest BCUT2D eigenvalue weighted by molar-refractivity contribution is 8.13. The topological polar surface area (TPSA) is 401 Å². The molecule has 3 heterocycles.